The number of rotatable bonds is 17. The lowest BCUT2D eigenvalue weighted by Gasteiger charge is -2.33. The lowest BCUT2D eigenvalue weighted by Crippen LogP contribution is -2.49. The Morgan fingerprint density at radius 2 is 1.31 bits per heavy atom. The highest BCUT2D eigenvalue weighted by Gasteiger charge is 2.23. The van der Waals surface area contributed by atoms with Gasteiger partial charge in [-0.1, -0.05) is 17.7 Å². The number of benzene rings is 3. The first-order chi connectivity index (χ1) is 31.3. The van der Waals surface area contributed by atoms with Crippen molar-refractivity contribution in [1.29, 1.82) is 0 Å². The van der Waals surface area contributed by atoms with E-state index in [9.17, 15) is 38.6 Å². The summed E-state index contributed by atoms with van der Waals surface area (Å²) >= 11 is 6.06. The number of aliphatic carboxylic acids is 2. The Bertz CT molecular complexity index is 2450. The molecule has 1 aliphatic rings. The summed E-state index contributed by atoms with van der Waals surface area (Å²) in [6, 6.07) is 20.1. The first-order valence-corrected chi connectivity index (χ1v) is 22.0. The normalized spacial score (nSPS) is 15.0. The van der Waals surface area contributed by atoms with Gasteiger partial charge >= 0.3 is 11.9 Å². The van der Waals surface area contributed by atoms with Gasteiger partial charge in [-0.05, 0) is 92.1 Å². The van der Waals surface area contributed by atoms with E-state index in [-0.39, 0.29) is 49.6 Å². The Labute approximate surface area is 381 Å². The summed E-state index contributed by atoms with van der Waals surface area (Å²) in [6.07, 6.45) is 1.24. The molecule has 65 heavy (non-hydrogen) atoms. The van der Waals surface area contributed by atoms with Crippen LogP contribution >= 0.6 is 11.6 Å². The third-order valence-corrected chi connectivity index (χ3v) is 11.8. The number of halogens is 2. The van der Waals surface area contributed by atoms with Crippen molar-refractivity contribution in [3.05, 3.63) is 106 Å². The fourth-order valence-corrected chi connectivity index (χ4v) is 8.16. The minimum atomic E-state index is -0.967. The minimum Gasteiger partial charge on any atom is -0.497 e. The SMILES string of the molecule is COc1ccc2c(c1)c(CC(=O)NCCCCNC(=O)CN1CCN(CC(=O)O)CCN(Cc3ccc4cc(F)ccc4n3)CCN(CC(=O)O)CC1)c(C)n2C(=O)c1ccc(Cl)cc1. The molecule has 346 valence electrons. The van der Waals surface area contributed by atoms with E-state index < -0.39 is 11.9 Å². The average Bonchev–Trinajstić information content (AvgIpc) is 3.54. The van der Waals surface area contributed by atoms with Gasteiger partial charge in [-0.25, -0.2) is 4.39 Å². The van der Waals surface area contributed by atoms with Gasteiger partial charge in [0.25, 0.3) is 5.91 Å². The lowest BCUT2D eigenvalue weighted by molar-refractivity contribution is -0.139. The first-order valence-electron chi connectivity index (χ1n) is 21.7. The molecule has 6 rings (SSSR count). The van der Waals surface area contributed by atoms with Gasteiger partial charge in [0.2, 0.25) is 11.8 Å². The van der Waals surface area contributed by atoms with Crippen molar-refractivity contribution in [3.8, 4) is 5.75 Å². The van der Waals surface area contributed by atoms with Gasteiger partial charge < -0.3 is 25.6 Å². The molecular formula is C47H56ClFN8O8. The zero-order valence-corrected chi connectivity index (χ0v) is 37.5. The van der Waals surface area contributed by atoms with Crippen molar-refractivity contribution in [2.45, 2.75) is 32.7 Å². The van der Waals surface area contributed by atoms with Crippen LogP contribution in [-0.2, 0) is 32.1 Å². The number of fused-ring (bicyclic) bond motifs is 2. The topological polar surface area (TPSA) is 190 Å². The predicted octanol–water partition coefficient (Wildman–Crippen LogP) is 4.13. The van der Waals surface area contributed by atoms with Gasteiger partial charge in [0, 0.05) is 99.0 Å². The van der Waals surface area contributed by atoms with Crippen LogP contribution in [-0.4, -0.2) is 161 Å². The van der Waals surface area contributed by atoms with Crippen molar-refractivity contribution in [2.75, 3.05) is 92.2 Å². The maximum absolute atomic E-state index is 13.8. The molecule has 0 bridgehead atoms. The Morgan fingerprint density at radius 3 is 1.91 bits per heavy atom. The van der Waals surface area contributed by atoms with Crippen LogP contribution in [0.25, 0.3) is 21.8 Å². The number of methoxy groups -OCH3 is 1. The quantitative estimate of drug-likeness (QED) is 0.0976. The molecule has 0 spiro atoms. The molecule has 1 aliphatic heterocycles. The summed E-state index contributed by atoms with van der Waals surface area (Å²) in [4.78, 5) is 76.2. The van der Waals surface area contributed by atoms with E-state index >= 15 is 0 Å². The number of ether oxygens (including phenoxy) is 1. The fourth-order valence-electron chi connectivity index (χ4n) is 8.03. The molecule has 3 heterocycles. The number of pyridine rings is 1. The minimum absolute atomic E-state index is 0.0421. The van der Waals surface area contributed by atoms with E-state index in [4.69, 9.17) is 21.3 Å². The van der Waals surface area contributed by atoms with E-state index in [0.29, 0.717) is 129 Å². The Hall–Kier alpha value is -5.98. The van der Waals surface area contributed by atoms with E-state index in [1.54, 1.807) is 54.1 Å². The molecule has 5 aromatic rings. The van der Waals surface area contributed by atoms with E-state index in [1.807, 2.05) is 39.8 Å². The van der Waals surface area contributed by atoms with Crippen LogP contribution in [0.2, 0.25) is 5.02 Å². The molecule has 2 aromatic heterocycles. The molecular weight excluding hydrogens is 859 g/mol. The highest BCUT2D eigenvalue weighted by Crippen LogP contribution is 2.31. The first kappa shape index (κ1) is 48.5. The van der Waals surface area contributed by atoms with Gasteiger partial charge in [0.15, 0.2) is 0 Å². The van der Waals surface area contributed by atoms with Crippen molar-refractivity contribution in [2.24, 2.45) is 0 Å². The Morgan fingerprint density at radius 1 is 0.723 bits per heavy atom. The van der Waals surface area contributed by atoms with Gasteiger partial charge in [-0.15, -0.1) is 0 Å². The van der Waals surface area contributed by atoms with Gasteiger partial charge in [0.1, 0.15) is 11.6 Å². The predicted molar refractivity (Wildman–Crippen MR) is 245 cm³/mol. The second-order valence-electron chi connectivity index (χ2n) is 16.2. The highest BCUT2D eigenvalue weighted by molar-refractivity contribution is 6.30. The second-order valence-corrected chi connectivity index (χ2v) is 16.6. The molecule has 0 radical (unpaired) electrons. The highest BCUT2D eigenvalue weighted by atomic mass is 35.5. The molecule has 0 saturated carbocycles. The second kappa shape index (κ2) is 23.3. The zero-order valence-electron chi connectivity index (χ0n) is 36.7. The van der Waals surface area contributed by atoms with Crippen molar-refractivity contribution in [3.63, 3.8) is 0 Å². The molecule has 4 N–H and O–H groups in total. The van der Waals surface area contributed by atoms with E-state index in [0.717, 1.165) is 11.1 Å². The molecule has 3 aromatic carbocycles. The molecule has 18 heteroatoms. The van der Waals surface area contributed by atoms with Crippen LogP contribution in [0.4, 0.5) is 4.39 Å². The fraction of sp³-hybridized carbons (Fsp3) is 0.404. The molecule has 2 amide bonds. The Balaban J connectivity index is 0.994. The summed E-state index contributed by atoms with van der Waals surface area (Å²) in [5.41, 5.74) is 3.88. The molecule has 0 unspecified atom stereocenters. The summed E-state index contributed by atoms with van der Waals surface area (Å²) in [5, 5.41) is 27.3. The molecule has 0 aliphatic carbocycles. The smallest absolute Gasteiger partial charge is 0.317 e. The summed E-state index contributed by atoms with van der Waals surface area (Å²) in [7, 11) is 1.56. The number of nitrogens with one attached hydrogen (secondary N) is 2. The van der Waals surface area contributed by atoms with Crippen molar-refractivity contribution < 1.29 is 43.3 Å². The van der Waals surface area contributed by atoms with E-state index in [1.165, 1.54) is 12.1 Å². The molecule has 0 atom stereocenters. The number of carbonyl (C=O) groups is 5. The number of carbonyl (C=O) groups excluding carboxylic acids is 3. The number of nitrogens with zero attached hydrogens (tertiary/aromatic N) is 6. The van der Waals surface area contributed by atoms with Crippen LogP contribution in [0.5, 0.6) is 5.75 Å². The Kier molecular flexibility index (Phi) is 17.4. The number of unbranched alkanes of at least 4 members (excludes halogenated alkanes) is 1. The summed E-state index contributed by atoms with van der Waals surface area (Å²) in [6.45, 7) is 6.01. The average molecular weight is 915 g/mol. The molecule has 16 nitrogen and oxygen atoms in total. The standard InChI is InChI=1S/C47H56ClFN8O8/c1-32-39(40-26-38(65-2)12-14-42(40)57(32)47(64)33-5-8-35(48)9-6-33)27-43(58)50-15-3-4-16-51-44(59)29-54-19-23-55(30-45(60)61)21-17-53(18-22-56(24-20-54)31-46(62)63)28-37-11-7-34-25-36(49)10-13-41(34)52-37/h5-14,25-26H,3-4,15-24,27-31H2,1-2H3,(H,50,58)(H,51,59)(H,60,61)(H,62,63). The third kappa shape index (κ3) is 14.0. The van der Waals surface area contributed by atoms with Crippen molar-refractivity contribution in [1.82, 2.24) is 39.8 Å². The van der Waals surface area contributed by atoms with Crippen LogP contribution in [0.1, 0.15) is 40.2 Å². The van der Waals surface area contributed by atoms with Crippen LogP contribution in [0.3, 0.4) is 0 Å². The maximum Gasteiger partial charge on any atom is 0.317 e. The van der Waals surface area contributed by atoms with Crippen LogP contribution < -0.4 is 15.4 Å². The van der Waals surface area contributed by atoms with E-state index in [2.05, 4.69) is 15.5 Å². The summed E-state index contributed by atoms with van der Waals surface area (Å²) in [5.74, 6) is -2.36. The molecule has 1 fully saturated rings. The largest absolute Gasteiger partial charge is 0.497 e. The monoisotopic (exact) mass is 914 g/mol. The van der Waals surface area contributed by atoms with Crippen LogP contribution in [0.15, 0.2) is 72.8 Å². The zero-order chi connectivity index (χ0) is 46.5. The summed E-state index contributed by atoms with van der Waals surface area (Å²) < 4.78 is 20.8. The number of hydrogen-bond donors (Lipinski definition) is 4. The van der Waals surface area contributed by atoms with Gasteiger partial charge in [-0.2, -0.15) is 0 Å². The number of amides is 2. The number of hydrogen-bond acceptors (Lipinski definition) is 11. The number of carboxylic acid groups (broad SMARTS) is 2. The van der Waals surface area contributed by atoms with Crippen molar-refractivity contribution >= 4 is 63.1 Å². The third-order valence-electron chi connectivity index (χ3n) is 11.5. The number of carboxylic acids is 2. The van der Waals surface area contributed by atoms with Crippen LogP contribution in [0, 0.1) is 12.7 Å². The number of aromatic nitrogens is 2. The molecule has 1 saturated heterocycles. The van der Waals surface area contributed by atoms with Gasteiger partial charge in [0.05, 0.1) is 49.9 Å². The maximum atomic E-state index is 13.8. The van der Waals surface area contributed by atoms with Gasteiger partial charge in [-0.3, -0.25) is 53.1 Å². The lowest BCUT2D eigenvalue weighted by atomic mass is 10.1.